The molecule has 0 aromatic heterocycles. The summed E-state index contributed by atoms with van der Waals surface area (Å²) >= 11 is 3.59. The van der Waals surface area contributed by atoms with Crippen LogP contribution >= 0.6 is 15.9 Å². The Hall–Kier alpha value is -3.21. The van der Waals surface area contributed by atoms with Gasteiger partial charge in [0.25, 0.3) is 5.91 Å². The van der Waals surface area contributed by atoms with Crippen LogP contribution in [0, 0.1) is 11.8 Å². The van der Waals surface area contributed by atoms with Crippen LogP contribution < -0.4 is 9.80 Å². The quantitative estimate of drug-likeness (QED) is 0.290. The third-order valence-corrected chi connectivity index (χ3v) is 9.65. The standard InChI is InChI=1S/C31H36BrN3O6/c1-4-16-34(21-14-12-20(13-15-21)33(5-2)6-3)29(38)27-31-17-22(32)26(41-31)24(30(39)40)25(31)28(37)35(27)23(18-36)19-10-8-7-9-11-19/h4,7-15,22-27,36H,1,5-6,16-18H2,2-3H3,(H,39,40)/t22?,23-,24-,25+,26-,27-,31+/m1/s1. The Morgan fingerprint density at radius 2 is 1.78 bits per heavy atom. The van der Waals surface area contributed by atoms with E-state index in [0.717, 1.165) is 18.8 Å². The molecule has 2 N–H and O–H groups in total. The molecule has 41 heavy (non-hydrogen) atoms. The van der Waals surface area contributed by atoms with E-state index in [1.807, 2.05) is 30.3 Å². The summed E-state index contributed by atoms with van der Waals surface area (Å²) < 4.78 is 6.43. The van der Waals surface area contributed by atoms with Crippen LogP contribution in [-0.4, -0.2) is 81.7 Å². The molecule has 9 nitrogen and oxygen atoms in total. The number of carboxylic acid groups (broad SMARTS) is 1. The molecule has 3 saturated heterocycles. The first-order valence-electron chi connectivity index (χ1n) is 14.0. The van der Waals surface area contributed by atoms with E-state index in [-0.39, 0.29) is 11.4 Å². The van der Waals surface area contributed by atoms with E-state index in [9.17, 15) is 24.6 Å². The predicted octanol–water partition coefficient (Wildman–Crippen LogP) is 3.62. The number of carbonyl (C=O) groups excluding carboxylic acids is 2. The lowest BCUT2D eigenvalue weighted by molar-refractivity contribution is -0.151. The van der Waals surface area contributed by atoms with E-state index in [1.54, 1.807) is 35.2 Å². The number of fused-ring (bicyclic) bond motifs is 1. The number of amides is 2. The lowest BCUT2D eigenvalue weighted by Gasteiger charge is -2.39. The Kier molecular flexibility index (Phi) is 8.27. The van der Waals surface area contributed by atoms with Crippen molar-refractivity contribution in [3.8, 4) is 0 Å². The number of benzene rings is 2. The van der Waals surface area contributed by atoms with Crippen molar-refractivity contribution >= 4 is 45.1 Å². The zero-order chi connectivity index (χ0) is 29.5. The van der Waals surface area contributed by atoms with E-state index >= 15 is 0 Å². The second kappa shape index (κ2) is 11.6. The van der Waals surface area contributed by atoms with Crippen molar-refractivity contribution in [2.24, 2.45) is 11.8 Å². The van der Waals surface area contributed by atoms with Gasteiger partial charge in [0.05, 0.1) is 30.6 Å². The number of carboxylic acids is 1. The number of ether oxygens (including phenoxy) is 1. The maximum absolute atomic E-state index is 14.7. The minimum absolute atomic E-state index is 0.168. The number of hydrogen-bond donors (Lipinski definition) is 2. The molecule has 3 heterocycles. The Bertz CT molecular complexity index is 1300. The van der Waals surface area contributed by atoms with Gasteiger partial charge >= 0.3 is 5.97 Å². The number of likely N-dealkylation sites (tertiary alicyclic amines) is 1. The predicted molar refractivity (Wildman–Crippen MR) is 159 cm³/mol. The maximum atomic E-state index is 14.7. The normalized spacial score (nSPS) is 28.8. The highest BCUT2D eigenvalue weighted by Gasteiger charge is 2.77. The average molecular weight is 627 g/mol. The number of carbonyl (C=O) groups is 3. The van der Waals surface area contributed by atoms with Crippen LogP contribution in [-0.2, 0) is 19.1 Å². The number of hydrogen-bond acceptors (Lipinski definition) is 6. The summed E-state index contributed by atoms with van der Waals surface area (Å²) in [6.45, 7) is 9.42. The van der Waals surface area contributed by atoms with Crippen LogP contribution in [0.1, 0.15) is 31.9 Å². The van der Waals surface area contributed by atoms with Gasteiger partial charge in [0, 0.05) is 35.8 Å². The number of nitrogens with zero attached hydrogens (tertiary/aromatic N) is 3. The summed E-state index contributed by atoms with van der Waals surface area (Å²) in [6.07, 6.45) is 1.16. The molecule has 7 atom stereocenters. The van der Waals surface area contributed by atoms with Gasteiger partial charge in [-0.1, -0.05) is 52.3 Å². The zero-order valence-electron chi connectivity index (χ0n) is 23.2. The van der Waals surface area contributed by atoms with Gasteiger partial charge in [0.2, 0.25) is 5.91 Å². The minimum Gasteiger partial charge on any atom is -0.481 e. The third kappa shape index (κ3) is 4.66. The van der Waals surface area contributed by atoms with Gasteiger partial charge in [-0.2, -0.15) is 0 Å². The minimum atomic E-state index is -1.36. The Morgan fingerprint density at radius 3 is 2.34 bits per heavy atom. The first-order chi connectivity index (χ1) is 19.7. The second-order valence-corrected chi connectivity index (χ2v) is 12.0. The molecule has 0 radical (unpaired) electrons. The molecule has 1 spiro atoms. The van der Waals surface area contributed by atoms with Crippen molar-refractivity contribution in [2.45, 2.75) is 48.9 Å². The number of rotatable bonds is 11. The molecule has 3 aliphatic heterocycles. The van der Waals surface area contributed by atoms with Crippen LogP contribution in [0.15, 0.2) is 67.3 Å². The van der Waals surface area contributed by atoms with E-state index in [2.05, 4.69) is 41.3 Å². The number of aliphatic hydroxyl groups is 1. The fourth-order valence-electron chi connectivity index (χ4n) is 7.03. The molecule has 2 bridgehead atoms. The molecule has 0 saturated carbocycles. The first kappa shape index (κ1) is 29.3. The highest BCUT2D eigenvalue weighted by atomic mass is 79.9. The van der Waals surface area contributed by atoms with Crippen LogP contribution in [0.4, 0.5) is 11.4 Å². The van der Waals surface area contributed by atoms with Gasteiger partial charge in [-0.3, -0.25) is 14.4 Å². The van der Waals surface area contributed by atoms with Crippen molar-refractivity contribution in [2.75, 3.05) is 36.0 Å². The summed E-state index contributed by atoms with van der Waals surface area (Å²) in [5, 5.41) is 20.8. The van der Waals surface area contributed by atoms with E-state index < -0.39 is 60.0 Å². The molecular weight excluding hydrogens is 590 g/mol. The molecule has 5 rings (SSSR count). The van der Waals surface area contributed by atoms with Crippen LogP contribution in [0.5, 0.6) is 0 Å². The monoisotopic (exact) mass is 625 g/mol. The molecule has 10 heteroatoms. The summed E-state index contributed by atoms with van der Waals surface area (Å²) in [7, 11) is 0. The van der Waals surface area contributed by atoms with Crippen LogP contribution in [0.3, 0.4) is 0 Å². The topological polar surface area (TPSA) is 111 Å². The first-order valence-corrected chi connectivity index (χ1v) is 15.0. The fraction of sp³-hybridized carbons (Fsp3) is 0.452. The molecule has 2 aromatic rings. The second-order valence-electron chi connectivity index (χ2n) is 10.8. The maximum Gasteiger partial charge on any atom is 0.310 e. The molecular formula is C31H36BrN3O6. The molecule has 2 amide bonds. The van der Waals surface area contributed by atoms with Crippen molar-refractivity contribution < 1.29 is 29.3 Å². The molecule has 218 valence electrons. The highest BCUT2D eigenvalue weighted by Crippen LogP contribution is 2.61. The van der Waals surface area contributed by atoms with Gasteiger partial charge in [-0.05, 0) is 50.1 Å². The smallest absolute Gasteiger partial charge is 0.310 e. The van der Waals surface area contributed by atoms with E-state index in [4.69, 9.17) is 4.74 Å². The summed E-state index contributed by atoms with van der Waals surface area (Å²) in [5.74, 6) is -4.20. The molecule has 0 aliphatic carbocycles. The molecule has 3 fully saturated rings. The number of aliphatic hydroxyl groups excluding tert-OH is 1. The van der Waals surface area contributed by atoms with Gasteiger partial charge in [-0.15, -0.1) is 6.58 Å². The number of anilines is 2. The Balaban J connectivity index is 1.62. The lowest BCUT2D eigenvalue weighted by atomic mass is 9.70. The summed E-state index contributed by atoms with van der Waals surface area (Å²) in [6, 6.07) is 14.6. The third-order valence-electron chi connectivity index (χ3n) is 8.81. The lowest BCUT2D eigenvalue weighted by Crippen LogP contribution is -2.57. The zero-order valence-corrected chi connectivity index (χ0v) is 24.8. The highest BCUT2D eigenvalue weighted by molar-refractivity contribution is 9.09. The molecule has 1 unspecified atom stereocenters. The van der Waals surface area contributed by atoms with E-state index in [0.29, 0.717) is 17.7 Å². The Morgan fingerprint density at radius 1 is 1.15 bits per heavy atom. The van der Waals surface area contributed by atoms with Gasteiger partial charge in [0.15, 0.2) is 0 Å². The van der Waals surface area contributed by atoms with Crippen molar-refractivity contribution in [1.29, 1.82) is 0 Å². The number of aliphatic carboxylic acids is 1. The summed E-state index contributed by atoms with van der Waals surface area (Å²) in [5.41, 5.74) is 0.928. The summed E-state index contributed by atoms with van der Waals surface area (Å²) in [4.78, 5) is 46.3. The molecule has 3 aliphatic rings. The van der Waals surface area contributed by atoms with Gasteiger partial charge in [-0.25, -0.2) is 0 Å². The van der Waals surface area contributed by atoms with Crippen LogP contribution in [0.2, 0.25) is 0 Å². The SMILES string of the molecule is C=CCN(C(=O)[C@H]1N([C@H](CO)c2ccccc2)C(=O)[C@@H]2[C@@H](C(=O)O)[C@@H]3O[C@@]21CC3Br)c1ccc(N(CC)CC)cc1. The average Bonchev–Trinajstić information content (AvgIpc) is 3.57. The van der Waals surface area contributed by atoms with Crippen molar-refractivity contribution in [1.82, 2.24) is 4.90 Å². The van der Waals surface area contributed by atoms with Crippen molar-refractivity contribution in [3.63, 3.8) is 0 Å². The van der Waals surface area contributed by atoms with Gasteiger partial charge < -0.3 is 29.6 Å². The number of alkyl halides is 1. The fourth-order valence-corrected chi connectivity index (χ4v) is 7.97. The Labute approximate surface area is 248 Å². The number of halogens is 1. The van der Waals surface area contributed by atoms with Gasteiger partial charge in [0.1, 0.15) is 11.6 Å². The van der Waals surface area contributed by atoms with Crippen LogP contribution in [0.25, 0.3) is 0 Å². The van der Waals surface area contributed by atoms with E-state index in [1.165, 1.54) is 4.90 Å². The molecule has 2 aromatic carbocycles. The largest absolute Gasteiger partial charge is 0.481 e. The van der Waals surface area contributed by atoms with Crippen molar-refractivity contribution in [3.05, 3.63) is 72.8 Å².